The van der Waals surface area contributed by atoms with Crippen LogP contribution in [0.3, 0.4) is 0 Å². The molecule has 1 unspecified atom stereocenters. The van der Waals surface area contributed by atoms with Crippen molar-refractivity contribution in [3.63, 3.8) is 0 Å². The first-order chi connectivity index (χ1) is 6.43. The van der Waals surface area contributed by atoms with Gasteiger partial charge < -0.3 is 10.1 Å². The molecular weight excluding hydrogens is 178 g/mol. The van der Waals surface area contributed by atoms with E-state index in [-0.39, 0.29) is 23.0 Å². The second kappa shape index (κ2) is 2.96. The Balaban J connectivity index is 1.93. The molecule has 1 aliphatic heterocycles. The third kappa shape index (κ3) is 1.54. The number of esters is 1. The van der Waals surface area contributed by atoms with Crippen LogP contribution in [-0.2, 0) is 9.53 Å². The van der Waals surface area contributed by atoms with Crippen LogP contribution in [0.15, 0.2) is 0 Å². The van der Waals surface area contributed by atoms with E-state index in [4.69, 9.17) is 4.74 Å². The molecule has 1 spiro atoms. The van der Waals surface area contributed by atoms with Crippen LogP contribution in [-0.4, -0.2) is 23.7 Å². The molecule has 0 aromatic carbocycles. The van der Waals surface area contributed by atoms with Crippen molar-refractivity contribution in [2.45, 2.75) is 51.2 Å². The minimum atomic E-state index is -0.350. The molecule has 1 N–H and O–H groups in total. The normalized spacial score (nSPS) is 29.2. The molecule has 1 saturated heterocycles. The van der Waals surface area contributed by atoms with E-state index in [0.29, 0.717) is 0 Å². The highest BCUT2D eigenvalue weighted by Crippen LogP contribution is 2.44. The van der Waals surface area contributed by atoms with Gasteiger partial charge in [0.05, 0.1) is 5.92 Å². The second-order valence-electron chi connectivity index (χ2n) is 5.48. The number of rotatable bonds is 1. The zero-order chi connectivity index (χ0) is 10.4. The third-order valence-corrected chi connectivity index (χ3v) is 3.26. The molecule has 0 aromatic rings. The summed E-state index contributed by atoms with van der Waals surface area (Å²) in [6.07, 6.45) is 3.51. The Kier molecular flexibility index (Phi) is 2.11. The lowest BCUT2D eigenvalue weighted by molar-refractivity contribution is -0.171. The fraction of sp³-hybridized carbons (Fsp3) is 0.909. The van der Waals surface area contributed by atoms with Crippen LogP contribution >= 0.6 is 0 Å². The van der Waals surface area contributed by atoms with Crippen molar-refractivity contribution in [1.29, 1.82) is 0 Å². The second-order valence-corrected chi connectivity index (χ2v) is 5.48. The summed E-state index contributed by atoms with van der Waals surface area (Å²) in [5, 5.41) is 3.37. The van der Waals surface area contributed by atoms with Crippen molar-refractivity contribution in [2.24, 2.45) is 5.92 Å². The van der Waals surface area contributed by atoms with Crippen molar-refractivity contribution in [3.8, 4) is 0 Å². The Morgan fingerprint density at radius 2 is 2.07 bits per heavy atom. The average molecular weight is 197 g/mol. The lowest BCUT2D eigenvalue weighted by Gasteiger charge is -2.55. The van der Waals surface area contributed by atoms with Gasteiger partial charge in [0, 0.05) is 12.1 Å². The summed E-state index contributed by atoms with van der Waals surface area (Å²) in [5.41, 5.74) is -0.222. The van der Waals surface area contributed by atoms with E-state index in [1.807, 2.05) is 20.8 Å². The fourth-order valence-electron chi connectivity index (χ4n) is 2.26. The SMILES string of the molecule is CC(C)(C)OC(=O)C1CNC12CCC2. The Labute approximate surface area is 85.2 Å². The van der Waals surface area contributed by atoms with Crippen molar-refractivity contribution < 1.29 is 9.53 Å². The van der Waals surface area contributed by atoms with Crippen LogP contribution in [0, 0.1) is 5.92 Å². The number of ether oxygens (including phenoxy) is 1. The Morgan fingerprint density at radius 3 is 2.36 bits per heavy atom. The van der Waals surface area contributed by atoms with Gasteiger partial charge in [-0.1, -0.05) is 0 Å². The quantitative estimate of drug-likeness (QED) is 0.647. The molecule has 3 heteroatoms. The third-order valence-electron chi connectivity index (χ3n) is 3.26. The number of carbonyl (C=O) groups excluding carboxylic acids is 1. The first kappa shape index (κ1) is 9.97. The van der Waals surface area contributed by atoms with Crippen molar-refractivity contribution in [2.75, 3.05) is 6.54 Å². The van der Waals surface area contributed by atoms with E-state index in [1.54, 1.807) is 0 Å². The molecule has 14 heavy (non-hydrogen) atoms. The Bertz CT molecular complexity index is 245. The molecular formula is C11H19NO2. The molecule has 0 bridgehead atoms. The molecule has 80 valence electrons. The van der Waals surface area contributed by atoms with Crippen LogP contribution in [0.5, 0.6) is 0 Å². The molecule has 2 rings (SSSR count). The largest absolute Gasteiger partial charge is 0.460 e. The summed E-state index contributed by atoms with van der Waals surface area (Å²) in [6.45, 7) is 6.56. The Morgan fingerprint density at radius 1 is 1.43 bits per heavy atom. The van der Waals surface area contributed by atoms with Gasteiger partial charge in [0.15, 0.2) is 0 Å². The number of hydrogen-bond donors (Lipinski definition) is 1. The highest BCUT2D eigenvalue weighted by molar-refractivity contribution is 5.76. The first-order valence-corrected chi connectivity index (χ1v) is 5.41. The molecule has 0 amide bonds. The van der Waals surface area contributed by atoms with E-state index in [1.165, 1.54) is 6.42 Å². The average Bonchev–Trinajstić information content (AvgIpc) is 1.73. The summed E-state index contributed by atoms with van der Waals surface area (Å²) in [6, 6.07) is 0. The predicted molar refractivity (Wildman–Crippen MR) is 53.9 cm³/mol. The summed E-state index contributed by atoms with van der Waals surface area (Å²) in [7, 11) is 0. The lowest BCUT2D eigenvalue weighted by Crippen LogP contribution is -2.71. The highest BCUT2D eigenvalue weighted by atomic mass is 16.6. The van der Waals surface area contributed by atoms with Gasteiger partial charge in [0.25, 0.3) is 0 Å². The topological polar surface area (TPSA) is 38.3 Å². The van der Waals surface area contributed by atoms with Gasteiger partial charge >= 0.3 is 5.97 Å². The summed E-state index contributed by atoms with van der Waals surface area (Å²) < 4.78 is 5.39. The molecule has 1 heterocycles. The van der Waals surface area contributed by atoms with E-state index >= 15 is 0 Å². The predicted octanol–water partition coefficient (Wildman–Crippen LogP) is 1.47. The van der Waals surface area contributed by atoms with Gasteiger partial charge in [-0.2, -0.15) is 0 Å². The first-order valence-electron chi connectivity index (χ1n) is 5.41. The maximum Gasteiger partial charge on any atom is 0.312 e. The van der Waals surface area contributed by atoms with Gasteiger partial charge in [-0.15, -0.1) is 0 Å². The van der Waals surface area contributed by atoms with Gasteiger partial charge in [0.2, 0.25) is 0 Å². The van der Waals surface area contributed by atoms with E-state index in [2.05, 4.69) is 5.32 Å². The minimum Gasteiger partial charge on any atom is -0.460 e. The number of hydrogen-bond acceptors (Lipinski definition) is 3. The maximum absolute atomic E-state index is 11.8. The van der Waals surface area contributed by atoms with Crippen molar-refractivity contribution >= 4 is 5.97 Å². The number of carbonyl (C=O) groups is 1. The van der Waals surface area contributed by atoms with E-state index < -0.39 is 0 Å². The van der Waals surface area contributed by atoms with Gasteiger partial charge in [-0.25, -0.2) is 0 Å². The molecule has 1 saturated carbocycles. The van der Waals surface area contributed by atoms with Gasteiger partial charge in [-0.3, -0.25) is 4.79 Å². The molecule has 0 aromatic heterocycles. The van der Waals surface area contributed by atoms with Gasteiger partial charge in [0.1, 0.15) is 5.60 Å². The summed E-state index contributed by atoms with van der Waals surface area (Å²) in [5.74, 6) is 0.0893. The molecule has 1 atom stereocenters. The van der Waals surface area contributed by atoms with Crippen LogP contribution < -0.4 is 5.32 Å². The molecule has 3 nitrogen and oxygen atoms in total. The van der Waals surface area contributed by atoms with E-state index in [9.17, 15) is 4.79 Å². The van der Waals surface area contributed by atoms with Gasteiger partial charge in [-0.05, 0) is 40.0 Å². The van der Waals surface area contributed by atoms with Crippen molar-refractivity contribution in [3.05, 3.63) is 0 Å². The summed E-state index contributed by atoms with van der Waals surface area (Å²) in [4.78, 5) is 11.8. The minimum absolute atomic E-state index is 0.0176. The zero-order valence-electron chi connectivity index (χ0n) is 9.22. The molecule has 0 radical (unpaired) electrons. The van der Waals surface area contributed by atoms with Crippen LogP contribution in [0.25, 0.3) is 0 Å². The lowest BCUT2D eigenvalue weighted by atomic mass is 9.63. The number of nitrogens with one attached hydrogen (secondary N) is 1. The summed E-state index contributed by atoms with van der Waals surface area (Å²) >= 11 is 0. The van der Waals surface area contributed by atoms with Crippen LogP contribution in [0.4, 0.5) is 0 Å². The van der Waals surface area contributed by atoms with Crippen molar-refractivity contribution in [1.82, 2.24) is 5.32 Å². The molecule has 2 aliphatic rings. The highest BCUT2D eigenvalue weighted by Gasteiger charge is 2.55. The van der Waals surface area contributed by atoms with Crippen LogP contribution in [0.2, 0.25) is 0 Å². The van der Waals surface area contributed by atoms with Crippen LogP contribution in [0.1, 0.15) is 40.0 Å². The maximum atomic E-state index is 11.8. The Hall–Kier alpha value is -0.570. The monoisotopic (exact) mass is 197 g/mol. The molecule has 2 fully saturated rings. The zero-order valence-corrected chi connectivity index (χ0v) is 9.22. The smallest absolute Gasteiger partial charge is 0.312 e. The molecule has 1 aliphatic carbocycles. The fourth-order valence-corrected chi connectivity index (χ4v) is 2.26. The van der Waals surface area contributed by atoms with E-state index in [0.717, 1.165) is 19.4 Å². The standard InChI is InChI=1S/C11H19NO2/c1-10(2,3)14-9(13)8-7-12-11(8)5-4-6-11/h8,12H,4-7H2,1-3H3.